The molecule has 0 aliphatic rings. The summed E-state index contributed by atoms with van der Waals surface area (Å²) in [5, 5.41) is 6.55. The number of amides is 1. The molecule has 0 radical (unpaired) electrons. The topological polar surface area (TPSA) is 72.5 Å². The molecule has 1 heterocycles. The van der Waals surface area contributed by atoms with Gasteiger partial charge in [-0.3, -0.25) is 4.79 Å². The van der Waals surface area contributed by atoms with Gasteiger partial charge >= 0.3 is 0 Å². The molecule has 3 rings (SSSR count). The molecule has 1 amide bonds. The minimum absolute atomic E-state index is 0.149. The first-order valence-corrected chi connectivity index (χ1v) is 9.64. The fraction of sp³-hybridized carbons (Fsp3) is 0.182. The van der Waals surface area contributed by atoms with Gasteiger partial charge in [-0.1, -0.05) is 23.7 Å². The van der Waals surface area contributed by atoms with E-state index in [4.69, 9.17) is 21.1 Å². The zero-order valence-electron chi connectivity index (χ0n) is 16.3. The first kappa shape index (κ1) is 21.4. The highest BCUT2D eigenvalue weighted by molar-refractivity contribution is 6.30. The molecular weight excluding hydrogens is 409 g/mol. The first-order valence-electron chi connectivity index (χ1n) is 9.26. The van der Waals surface area contributed by atoms with Crippen LogP contribution in [0.15, 0.2) is 60.8 Å². The van der Waals surface area contributed by atoms with Crippen LogP contribution in [0.3, 0.4) is 0 Å². The zero-order chi connectivity index (χ0) is 21.3. The molecule has 0 bridgehead atoms. The average Bonchev–Trinajstić information content (AvgIpc) is 2.73. The number of aromatic nitrogens is 1. The summed E-state index contributed by atoms with van der Waals surface area (Å²) >= 11 is 6.00. The van der Waals surface area contributed by atoms with Gasteiger partial charge in [-0.2, -0.15) is 0 Å². The highest BCUT2D eigenvalue weighted by Gasteiger charge is 2.09. The summed E-state index contributed by atoms with van der Waals surface area (Å²) in [6, 6.07) is 14.6. The van der Waals surface area contributed by atoms with Crippen molar-refractivity contribution in [3.05, 3.63) is 77.2 Å². The Bertz CT molecular complexity index is 1020. The lowest BCUT2D eigenvalue weighted by Crippen LogP contribution is -2.25. The molecule has 0 spiro atoms. The van der Waals surface area contributed by atoms with Gasteiger partial charge in [0.15, 0.2) is 0 Å². The second-order valence-electron chi connectivity index (χ2n) is 6.33. The molecule has 0 saturated heterocycles. The summed E-state index contributed by atoms with van der Waals surface area (Å²) in [6.07, 6.45) is 1.82. The maximum atomic E-state index is 13.4. The number of hydrogen-bond donors (Lipinski definition) is 2. The Kier molecular flexibility index (Phi) is 7.45. The van der Waals surface area contributed by atoms with Gasteiger partial charge in [-0.05, 0) is 36.4 Å². The van der Waals surface area contributed by atoms with Crippen LogP contribution in [0.1, 0.15) is 12.0 Å². The first-order chi connectivity index (χ1) is 14.5. The predicted octanol–water partition coefficient (Wildman–Crippen LogP) is 4.79. The molecule has 156 valence electrons. The third kappa shape index (κ3) is 6.09. The smallest absolute Gasteiger partial charge is 0.224 e. The number of rotatable bonds is 9. The SMILES string of the molecule is COc1ccc(Cl)cc1NCCC(=O)NCc1cccnc1Oc1cccc(F)c1. The van der Waals surface area contributed by atoms with Crippen molar-refractivity contribution in [2.75, 3.05) is 19.0 Å². The van der Waals surface area contributed by atoms with Crippen LogP contribution >= 0.6 is 11.6 Å². The van der Waals surface area contributed by atoms with Crippen LogP contribution in [-0.4, -0.2) is 24.5 Å². The molecule has 8 heteroatoms. The Balaban J connectivity index is 1.52. The Labute approximate surface area is 179 Å². The van der Waals surface area contributed by atoms with E-state index in [1.165, 1.54) is 12.1 Å². The Hall–Kier alpha value is -3.32. The van der Waals surface area contributed by atoms with Gasteiger partial charge in [0, 0.05) is 42.4 Å². The van der Waals surface area contributed by atoms with Crippen molar-refractivity contribution in [3.63, 3.8) is 0 Å². The van der Waals surface area contributed by atoms with Gasteiger partial charge < -0.3 is 20.1 Å². The van der Waals surface area contributed by atoms with Gasteiger partial charge in [0.05, 0.1) is 12.8 Å². The molecule has 2 N–H and O–H groups in total. The number of ether oxygens (including phenoxy) is 2. The van der Waals surface area contributed by atoms with Gasteiger partial charge in [-0.25, -0.2) is 9.37 Å². The number of benzene rings is 2. The van der Waals surface area contributed by atoms with E-state index in [0.29, 0.717) is 34.5 Å². The summed E-state index contributed by atoms with van der Waals surface area (Å²) in [5.41, 5.74) is 1.40. The number of nitrogens with zero attached hydrogens (tertiary/aromatic N) is 1. The zero-order valence-corrected chi connectivity index (χ0v) is 17.1. The van der Waals surface area contributed by atoms with E-state index >= 15 is 0 Å². The largest absolute Gasteiger partial charge is 0.495 e. The Morgan fingerprint density at radius 2 is 2.03 bits per heavy atom. The van der Waals surface area contributed by atoms with Crippen LogP contribution in [0.4, 0.5) is 10.1 Å². The second kappa shape index (κ2) is 10.5. The van der Waals surface area contributed by atoms with Gasteiger partial charge in [-0.15, -0.1) is 0 Å². The molecule has 6 nitrogen and oxygen atoms in total. The second-order valence-corrected chi connectivity index (χ2v) is 6.76. The minimum atomic E-state index is -0.401. The molecule has 0 fully saturated rings. The van der Waals surface area contributed by atoms with Crippen LogP contribution in [0.25, 0.3) is 0 Å². The molecule has 0 unspecified atom stereocenters. The molecule has 0 aliphatic heterocycles. The number of halogens is 2. The van der Waals surface area contributed by atoms with Crippen LogP contribution in [0.2, 0.25) is 5.02 Å². The summed E-state index contributed by atoms with van der Waals surface area (Å²) in [7, 11) is 1.57. The molecule has 0 saturated carbocycles. The third-order valence-electron chi connectivity index (χ3n) is 4.17. The maximum Gasteiger partial charge on any atom is 0.224 e. The van der Waals surface area contributed by atoms with E-state index < -0.39 is 5.82 Å². The van der Waals surface area contributed by atoms with E-state index in [-0.39, 0.29) is 18.9 Å². The Morgan fingerprint density at radius 3 is 2.83 bits per heavy atom. The number of carbonyl (C=O) groups excluding carboxylic acids is 1. The molecule has 0 aliphatic carbocycles. The summed E-state index contributed by atoms with van der Waals surface area (Å²) < 4.78 is 24.3. The van der Waals surface area contributed by atoms with Crippen LogP contribution in [-0.2, 0) is 11.3 Å². The van der Waals surface area contributed by atoms with E-state index in [2.05, 4.69) is 15.6 Å². The Morgan fingerprint density at radius 1 is 1.17 bits per heavy atom. The summed E-state index contributed by atoms with van der Waals surface area (Å²) in [5.74, 6) is 0.742. The maximum absolute atomic E-state index is 13.4. The van der Waals surface area contributed by atoms with Crippen molar-refractivity contribution in [2.24, 2.45) is 0 Å². The number of anilines is 1. The molecule has 3 aromatic rings. The standard InChI is InChI=1S/C22H21ClFN3O3/c1-29-20-8-7-16(23)12-19(20)25-11-9-21(28)27-14-15-4-3-10-26-22(15)30-18-6-2-5-17(24)13-18/h2-8,10,12-13,25H,9,11,14H2,1H3,(H,27,28). The summed E-state index contributed by atoms with van der Waals surface area (Å²) in [4.78, 5) is 16.4. The van der Waals surface area contributed by atoms with E-state index in [9.17, 15) is 9.18 Å². The normalized spacial score (nSPS) is 10.4. The quantitative estimate of drug-likeness (QED) is 0.511. The van der Waals surface area contributed by atoms with Crippen molar-refractivity contribution in [1.29, 1.82) is 0 Å². The van der Waals surface area contributed by atoms with E-state index in [0.717, 1.165) is 5.69 Å². The van der Waals surface area contributed by atoms with Crippen LogP contribution < -0.4 is 20.1 Å². The molecule has 30 heavy (non-hydrogen) atoms. The highest BCUT2D eigenvalue weighted by Crippen LogP contribution is 2.27. The van der Waals surface area contributed by atoms with Gasteiger partial charge in [0.1, 0.15) is 17.3 Å². The van der Waals surface area contributed by atoms with Crippen molar-refractivity contribution in [3.8, 4) is 17.4 Å². The van der Waals surface area contributed by atoms with Crippen LogP contribution in [0.5, 0.6) is 17.4 Å². The number of pyridine rings is 1. The number of methoxy groups -OCH3 is 1. The third-order valence-corrected chi connectivity index (χ3v) is 4.40. The van der Waals surface area contributed by atoms with Gasteiger partial charge in [0.25, 0.3) is 0 Å². The molecular formula is C22H21ClFN3O3. The van der Waals surface area contributed by atoms with Crippen molar-refractivity contribution in [2.45, 2.75) is 13.0 Å². The van der Waals surface area contributed by atoms with E-state index in [1.54, 1.807) is 55.8 Å². The highest BCUT2D eigenvalue weighted by atomic mass is 35.5. The fourth-order valence-electron chi connectivity index (χ4n) is 2.70. The predicted molar refractivity (Wildman–Crippen MR) is 114 cm³/mol. The number of carbonyl (C=O) groups is 1. The van der Waals surface area contributed by atoms with Crippen molar-refractivity contribution in [1.82, 2.24) is 10.3 Å². The van der Waals surface area contributed by atoms with E-state index in [1.807, 2.05) is 0 Å². The van der Waals surface area contributed by atoms with Gasteiger partial charge in [0.2, 0.25) is 11.8 Å². The minimum Gasteiger partial charge on any atom is -0.495 e. The van der Waals surface area contributed by atoms with Crippen molar-refractivity contribution < 1.29 is 18.7 Å². The number of hydrogen-bond acceptors (Lipinski definition) is 5. The lowest BCUT2D eigenvalue weighted by molar-refractivity contribution is -0.121. The fourth-order valence-corrected chi connectivity index (χ4v) is 2.88. The van der Waals surface area contributed by atoms with Crippen LogP contribution in [0, 0.1) is 5.82 Å². The molecule has 1 aromatic heterocycles. The average molecular weight is 430 g/mol. The summed E-state index contributed by atoms with van der Waals surface area (Å²) in [6.45, 7) is 0.639. The monoisotopic (exact) mass is 429 g/mol. The molecule has 0 atom stereocenters. The lowest BCUT2D eigenvalue weighted by atomic mass is 10.2. The number of nitrogens with one attached hydrogen (secondary N) is 2. The lowest BCUT2D eigenvalue weighted by Gasteiger charge is -2.12. The van der Waals surface area contributed by atoms with Crippen molar-refractivity contribution >= 4 is 23.2 Å². The molecule has 2 aromatic carbocycles.